The van der Waals surface area contributed by atoms with Gasteiger partial charge in [0.25, 0.3) is 0 Å². The molecule has 1 amide bonds. The number of nitrogens with one attached hydrogen (secondary N) is 1. The van der Waals surface area contributed by atoms with Crippen LogP contribution < -0.4 is 10.9 Å². The van der Waals surface area contributed by atoms with Crippen molar-refractivity contribution >= 4 is 39.6 Å². The fourth-order valence-electron chi connectivity index (χ4n) is 3.60. The number of hydrogen-bond donors (Lipinski definition) is 2. The van der Waals surface area contributed by atoms with Crippen LogP contribution in [0.3, 0.4) is 0 Å². The van der Waals surface area contributed by atoms with Crippen molar-refractivity contribution in [2.75, 3.05) is 18.6 Å². The second-order valence-corrected chi connectivity index (χ2v) is 9.63. The van der Waals surface area contributed by atoms with Gasteiger partial charge in [0.2, 0.25) is 5.91 Å². The molecular weight excluding hydrogens is 402 g/mol. The van der Waals surface area contributed by atoms with Gasteiger partial charge in [0.1, 0.15) is 11.2 Å². The lowest BCUT2D eigenvalue weighted by Crippen LogP contribution is -2.39. The Morgan fingerprint density at radius 3 is 2.60 bits per heavy atom. The van der Waals surface area contributed by atoms with E-state index >= 15 is 0 Å². The molecule has 0 saturated carbocycles. The first-order valence-electron chi connectivity index (χ1n) is 10.0. The SMILES string of the molecule is CSCC[C@@H](CO)NC(=O)Cc1c(C)c2cc3c(C(C)(C)C)coc3cc2oc1=O. The summed E-state index contributed by atoms with van der Waals surface area (Å²) in [6, 6.07) is 3.39. The van der Waals surface area contributed by atoms with Crippen molar-refractivity contribution < 1.29 is 18.7 Å². The fraction of sp³-hybridized carbons (Fsp3) is 0.478. The molecular formula is C23H29NO5S. The third kappa shape index (κ3) is 4.57. The van der Waals surface area contributed by atoms with Crippen LogP contribution in [0, 0.1) is 6.92 Å². The Hall–Kier alpha value is -2.25. The zero-order valence-electron chi connectivity index (χ0n) is 18.1. The predicted molar refractivity (Wildman–Crippen MR) is 121 cm³/mol. The standard InChI is InChI=1S/C23H29NO5S/c1-13-15-8-17-18(23(2,3)4)12-28-19(17)10-20(15)29-22(27)16(13)9-21(26)24-14(11-25)6-7-30-5/h8,10,12,14,25H,6-7,9,11H2,1-5H3,(H,24,26)/t14-/m0/s1. The Kier molecular flexibility index (Phi) is 6.62. The maximum absolute atomic E-state index is 12.6. The Balaban J connectivity index is 1.98. The molecule has 0 unspecified atom stereocenters. The highest BCUT2D eigenvalue weighted by Crippen LogP contribution is 2.35. The minimum Gasteiger partial charge on any atom is -0.464 e. The van der Waals surface area contributed by atoms with E-state index in [4.69, 9.17) is 8.83 Å². The average Bonchev–Trinajstić information content (AvgIpc) is 3.10. The van der Waals surface area contributed by atoms with E-state index in [1.165, 1.54) is 0 Å². The van der Waals surface area contributed by atoms with Crippen molar-refractivity contribution in [3.63, 3.8) is 0 Å². The number of amides is 1. The number of aryl methyl sites for hydroxylation is 1. The van der Waals surface area contributed by atoms with Crippen LogP contribution >= 0.6 is 11.8 Å². The first kappa shape index (κ1) is 22.4. The van der Waals surface area contributed by atoms with Crippen molar-refractivity contribution in [2.24, 2.45) is 0 Å². The zero-order chi connectivity index (χ0) is 22.1. The molecule has 0 radical (unpaired) electrons. The summed E-state index contributed by atoms with van der Waals surface area (Å²) in [5.74, 6) is 0.532. The third-order valence-corrected chi connectivity index (χ3v) is 6.03. The molecule has 2 heterocycles. The average molecular weight is 432 g/mol. The minimum atomic E-state index is -0.526. The quantitative estimate of drug-likeness (QED) is 0.551. The van der Waals surface area contributed by atoms with E-state index in [1.54, 1.807) is 24.1 Å². The number of carbonyl (C=O) groups is 1. The largest absolute Gasteiger partial charge is 0.464 e. The van der Waals surface area contributed by atoms with E-state index < -0.39 is 5.63 Å². The number of furan rings is 1. The summed E-state index contributed by atoms with van der Waals surface area (Å²) in [4.78, 5) is 25.1. The summed E-state index contributed by atoms with van der Waals surface area (Å²) in [5.41, 5.74) is 2.62. The van der Waals surface area contributed by atoms with Crippen molar-refractivity contribution in [3.8, 4) is 0 Å². The van der Waals surface area contributed by atoms with Gasteiger partial charge in [0, 0.05) is 22.4 Å². The van der Waals surface area contributed by atoms with Gasteiger partial charge in [-0.15, -0.1) is 0 Å². The lowest BCUT2D eigenvalue weighted by atomic mass is 9.86. The number of hydrogen-bond acceptors (Lipinski definition) is 6. The van der Waals surface area contributed by atoms with Gasteiger partial charge in [-0.2, -0.15) is 11.8 Å². The molecule has 0 fully saturated rings. The summed E-state index contributed by atoms with van der Waals surface area (Å²) in [6.45, 7) is 8.05. The van der Waals surface area contributed by atoms with Gasteiger partial charge in [-0.05, 0) is 42.4 Å². The first-order valence-corrected chi connectivity index (χ1v) is 11.4. The molecule has 3 aromatic rings. The summed E-state index contributed by atoms with van der Waals surface area (Å²) in [7, 11) is 0. The molecule has 0 saturated heterocycles. The van der Waals surface area contributed by atoms with Gasteiger partial charge in [0.15, 0.2) is 0 Å². The number of benzene rings is 1. The Morgan fingerprint density at radius 2 is 1.97 bits per heavy atom. The fourth-order valence-corrected chi connectivity index (χ4v) is 4.12. The van der Waals surface area contributed by atoms with Crippen LogP contribution in [-0.4, -0.2) is 35.7 Å². The number of aliphatic hydroxyl groups excluding tert-OH is 1. The topological polar surface area (TPSA) is 92.7 Å². The lowest BCUT2D eigenvalue weighted by Gasteiger charge is -2.17. The molecule has 1 atom stereocenters. The van der Waals surface area contributed by atoms with E-state index in [9.17, 15) is 14.7 Å². The van der Waals surface area contributed by atoms with E-state index in [1.807, 2.05) is 19.2 Å². The van der Waals surface area contributed by atoms with Gasteiger partial charge in [0.05, 0.1) is 30.9 Å². The van der Waals surface area contributed by atoms with Gasteiger partial charge in [-0.1, -0.05) is 20.8 Å². The van der Waals surface area contributed by atoms with E-state index in [0.717, 1.165) is 27.7 Å². The molecule has 0 aliphatic carbocycles. The van der Waals surface area contributed by atoms with E-state index in [-0.39, 0.29) is 30.4 Å². The molecule has 3 rings (SSSR count). The Labute approximate surface area is 180 Å². The molecule has 0 bridgehead atoms. The van der Waals surface area contributed by atoms with Crippen LogP contribution in [0.2, 0.25) is 0 Å². The number of thioether (sulfide) groups is 1. The van der Waals surface area contributed by atoms with Crippen LogP contribution in [0.25, 0.3) is 21.9 Å². The molecule has 1 aromatic carbocycles. The third-order valence-electron chi connectivity index (χ3n) is 5.38. The number of aliphatic hydroxyl groups is 1. The van der Waals surface area contributed by atoms with Crippen LogP contribution in [0.5, 0.6) is 0 Å². The molecule has 6 nitrogen and oxygen atoms in total. The van der Waals surface area contributed by atoms with E-state index in [0.29, 0.717) is 23.2 Å². The van der Waals surface area contributed by atoms with Crippen LogP contribution in [0.4, 0.5) is 0 Å². The molecule has 0 aliphatic rings. The number of rotatable bonds is 7. The summed E-state index contributed by atoms with van der Waals surface area (Å²) in [5, 5.41) is 14.0. The van der Waals surface area contributed by atoms with Crippen molar-refractivity contribution in [2.45, 2.75) is 52.0 Å². The van der Waals surface area contributed by atoms with Gasteiger partial charge >= 0.3 is 5.63 Å². The molecule has 0 aliphatic heterocycles. The smallest absolute Gasteiger partial charge is 0.340 e. The monoisotopic (exact) mass is 431 g/mol. The Bertz CT molecular complexity index is 1120. The summed E-state index contributed by atoms with van der Waals surface area (Å²) >= 11 is 1.65. The molecule has 162 valence electrons. The van der Waals surface area contributed by atoms with Gasteiger partial charge < -0.3 is 19.3 Å². The van der Waals surface area contributed by atoms with Crippen molar-refractivity contribution in [3.05, 3.63) is 45.5 Å². The summed E-state index contributed by atoms with van der Waals surface area (Å²) < 4.78 is 11.2. The highest BCUT2D eigenvalue weighted by atomic mass is 32.2. The highest BCUT2D eigenvalue weighted by molar-refractivity contribution is 7.98. The summed E-state index contributed by atoms with van der Waals surface area (Å²) in [6.07, 6.45) is 4.30. The molecule has 30 heavy (non-hydrogen) atoms. The lowest BCUT2D eigenvalue weighted by molar-refractivity contribution is -0.121. The second kappa shape index (κ2) is 8.86. The first-order chi connectivity index (χ1) is 14.2. The van der Waals surface area contributed by atoms with Crippen LogP contribution in [0.1, 0.15) is 43.9 Å². The van der Waals surface area contributed by atoms with Crippen LogP contribution in [-0.2, 0) is 16.6 Å². The van der Waals surface area contributed by atoms with E-state index in [2.05, 4.69) is 26.1 Å². The second-order valence-electron chi connectivity index (χ2n) is 8.64. The molecule has 0 spiro atoms. The number of carbonyl (C=O) groups excluding carboxylic acids is 1. The molecule has 2 aromatic heterocycles. The van der Waals surface area contributed by atoms with Crippen molar-refractivity contribution in [1.82, 2.24) is 5.32 Å². The van der Waals surface area contributed by atoms with Crippen molar-refractivity contribution in [1.29, 1.82) is 0 Å². The predicted octanol–water partition coefficient (Wildman–Crippen LogP) is 3.92. The normalized spacial score (nSPS) is 13.1. The maximum Gasteiger partial charge on any atom is 0.340 e. The number of fused-ring (bicyclic) bond motifs is 2. The van der Waals surface area contributed by atoms with Gasteiger partial charge in [-0.3, -0.25) is 4.79 Å². The highest BCUT2D eigenvalue weighted by Gasteiger charge is 2.22. The van der Waals surface area contributed by atoms with Gasteiger partial charge in [-0.25, -0.2) is 4.79 Å². The zero-order valence-corrected chi connectivity index (χ0v) is 18.9. The minimum absolute atomic E-state index is 0.0879. The molecule has 7 heteroatoms. The molecule has 2 N–H and O–H groups in total. The maximum atomic E-state index is 12.6. The van der Waals surface area contributed by atoms with Crippen LogP contribution in [0.15, 0.2) is 32.0 Å². The Morgan fingerprint density at radius 1 is 1.23 bits per heavy atom.